The summed E-state index contributed by atoms with van der Waals surface area (Å²) in [6.07, 6.45) is 3.06. The summed E-state index contributed by atoms with van der Waals surface area (Å²) in [6.45, 7) is 2.42. The van der Waals surface area contributed by atoms with E-state index >= 15 is 0 Å². The van der Waals surface area contributed by atoms with Crippen LogP contribution in [-0.2, 0) is 0 Å². The topological polar surface area (TPSA) is 69.0 Å². The van der Waals surface area contributed by atoms with Crippen molar-refractivity contribution < 1.29 is 9.53 Å². The summed E-state index contributed by atoms with van der Waals surface area (Å²) < 4.78 is 6.84. The first-order valence-electron chi connectivity index (χ1n) is 6.60. The molecule has 3 aromatic rings. The van der Waals surface area contributed by atoms with Crippen molar-refractivity contribution in [2.75, 3.05) is 12.0 Å². The van der Waals surface area contributed by atoms with Gasteiger partial charge in [0.05, 0.1) is 23.2 Å². The number of aromatic nitrogens is 3. The summed E-state index contributed by atoms with van der Waals surface area (Å²) in [4.78, 5) is 20.5. The Morgan fingerprint density at radius 1 is 1.24 bits per heavy atom. The van der Waals surface area contributed by atoms with Crippen LogP contribution in [0.1, 0.15) is 17.3 Å². The van der Waals surface area contributed by atoms with Gasteiger partial charge in [0.2, 0.25) is 5.88 Å². The molecule has 0 aliphatic carbocycles. The number of rotatable bonds is 4. The number of nitrogens with one attached hydrogen (secondary N) is 1. The average molecular weight is 282 g/mol. The Labute approximate surface area is 121 Å². The second-order valence-corrected chi connectivity index (χ2v) is 4.36. The van der Waals surface area contributed by atoms with Gasteiger partial charge in [-0.25, -0.2) is 14.6 Å². The zero-order chi connectivity index (χ0) is 14.7. The standard InChI is InChI=1S/C15H14N4O2/c1-2-21-14-8-7-11(9-16-14)15(20)18-19-10-17-12-5-3-4-6-13(12)19/h3-10H,2H2,1H3,(H,18,20). The van der Waals surface area contributed by atoms with Crippen molar-refractivity contribution in [2.24, 2.45) is 0 Å². The quantitative estimate of drug-likeness (QED) is 0.796. The lowest BCUT2D eigenvalue weighted by molar-refractivity contribution is 0.101. The van der Waals surface area contributed by atoms with E-state index in [2.05, 4.69) is 15.4 Å². The van der Waals surface area contributed by atoms with E-state index in [1.165, 1.54) is 6.20 Å². The predicted molar refractivity (Wildman–Crippen MR) is 78.8 cm³/mol. The molecular formula is C15H14N4O2. The van der Waals surface area contributed by atoms with E-state index in [1.807, 2.05) is 31.2 Å². The van der Waals surface area contributed by atoms with Crippen LogP contribution in [-0.4, -0.2) is 27.2 Å². The lowest BCUT2D eigenvalue weighted by Gasteiger charge is -2.07. The van der Waals surface area contributed by atoms with E-state index in [0.29, 0.717) is 18.1 Å². The second kappa shape index (κ2) is 5.62. The maximum Gasteiger partial charge on any atom is 0.271 e. The van der Waals surface area contributed by atoms with Gasteiger partial charge in [-0.1, -0.05) is 12.1 Å². The van der Waals surface area contributed by atoms with Crippen LogP contribution in [0.2, 0.25) is 0 Å². The van der Waals surface area contributed by atoms with E-state index in [4.69, 9.17) is 4.74 Å². The summed E-state index contributed by atoms with van der Waals surface area (Å²) in [7, 11) is 0. The van der Waals surface area contributed by atoms with Crippen LogP contribution < -0.4 is 10.2 Å². The number of benzene rings is 1. The fraction of sp³-hybridized carbons (Fsp3) is 0.133. The Hall–Kier alpha value is -2.89. The van der Waals surface area contributed by atoms with Crippen LogP contribution in [0.15, 0.2) is 48.9 Å². The second-order valence-electron chi connectivity index (χ2n) is 4.36. The molecule has 0 atom stereocenters. The SMILES string of the molecule is CCOc1ccc(C(=O)Nn2cnc3ccccc32)cn1. The molecule has 2 heterocycles. The molecule has 0 bridgehead atoms. The Morgan fingerprint density at radius 3 is 2.86 bits per heavy atom. The van der Waals surface area contributed by atoms with Gasteiger partial charge in [0, 0.05) is 12.3 Å². The zero-order valence-corrected chi connectivity index (χ0v) is 11.5. The number of hydrogen-bond acceptors (Lipinski definition) is 4. The number of carbonyl (C=O) groups excluding carboxylic acids is 1. The van der Waals surface area contributed by atoms with Crippen LogP contribution in [0.5, 0.6) is 5.88 Å². The molecule has 1 N–H and O–H groups in total. The minimum Gasteiger partial charge on any atom is -0.478 e. The summed E-state index contributed by atoms with van der Waals surface area (Å²) in [5, 5.41) is 0. The van der Waals surface area contributed by atoms with Gasteiger partial charge in [0.15, 0.2) is 0 Å². The molecule has 21 heavy (non-hydrogen) atoms. The highest BCUT2D eigenvalue weighted by Crippen LogP contribution is 2.11. The van der Waals surface area contributed by atoms with Crippen LogP contribution in [0.3, 0.4) is 0 Å². The Bertz CT molecular complexity index is 765. The molecular weight excluding hydrogens is 268 g/mol. The number of hydrogen-bond donors (Lipinski definition) is 1. The molecule has 3 rings (SSSR count). The van der Waals surface area contributed by atoms with Crippen molar-refractivity contribution in [3.05, 3.63) is 54.5 Å². The highest BCUT2D eigenvalue weighted by Gasteiger charge is 2.09. The van der Waals surface area contributed by atoms with Crippen LogP contribution in [0.4, 0.5) is 0 Å². The molecule has 0 saturated heterocycles. The van der Waals surface area contributed by atoms with Crippen LogP contribution in [0, 0.1) is 0 Å². The number of imidazole rings is 1. The summed E-state index contributed by atoms with van der Waals surface area (Å²) >= 11 is 0. The number of nitrogens with zero attached hydrogens (tertiary/aromatic N) is 3. The fourth-order valence-electron chi connectivity index (χ4n) is 1.97. The van der Waals surface area contributed by atoms with Crippen molar-refractivity contribution in [1.82, 2.24) is 14.6 Å². The van der Waals surface area contributed by atoms with Gasteiger partial charge in [-0.3, -0.25) is 10.2 Å². The fourth-order valence-corrected chi connectivity index (χ4v) is 1.97. The molecule has 0 spiro atoms. The molecule has 0 fully saturated rings. The molecule has 0 saturated carbocycles. The van der Waals surface area contributed by atoms with Crippen molar-refractivity contribution in [2.45, 2.75) is 6.92 Å². The summed E-state index contributed by atoms with van der Waals surface area (Å²) in [6, 6.07) is 10.9. The third kappa shape index (κ3) is 2.69. The predicted octanol–water partition coefficient (Wildman–Crippen LogP) is 2.21. The number of carbonyl (C=O) groups is 1. The molecule has 1 aromatic carbocycles. The van der Waals surface area contributed by atoms with E-state index in [-0.39, 0.29) is 5.91 Å². The van der Waals surface area contributed by atoms with Crippen molar-refractivity contribution in [3.63, 3.8) is 0 Å². The van der Waals surface area contributed by atoms with Gasteiger partial charge < -0.3 is 4.74 Å². The molecule has 1 amide bonds. The third-order valence-electron chi connectivity index (χ3n) is 2.97. The maximum atomic E-state index is 12.2. The first kappa shape index (κ1) is 13.1. The third-order valence-corrected chi connectivity index (χ3v) is 2.97. The van der Waals surface area contributed by atoms with Gasteiger partial charge in [-0.05, 0) is 25.1 Å². The van der Waals surface area contributed by atoms with Gasteiger partial charge in [0.1, 0.15) is 6.33 Å². The number of fused-ring (bicyclic) bond motifs is 1. The lowest BCUT2D eigenvalue weighted by Crippen LogP contribution is -2.22. The van der Waals surface area contributed by atoms with E-state index < -0.39 is 0 Å². The van der Waals surface area contributed by atoms with E-state index in [0.717, 1.165) is 11.0 Å². The minimum absolute atomic E-state index is 0.256. The van der Waals surface area contributed by atoms with Gasteiger partial charge in [-0.15, -0.1) is 0 Å². The van der Waals surface area contributed by atoms with Crippen molar-refractivity contribution in [3.8, 4) is 5.88 Å². The smallest absolute Gasteiger partial charge is 0.271 e. The van der Waals surface area contributed by atoms with Crippen molar-refractivity contribution >= 4 is 16.9 Å². The molecule has 0 aliphatic heterocycles. The summed E-state index contributed by atoms with van der Waals surface area (Å²) in [5.41, 5.74) is 4.88. The molecule has 6 heteroatoms. The highest BCUT2D eigenvalue weighted by atomic mass is 16.5. The van der Waals surface area contributed by atoms with E-state index in [9.17, 15) is 4.79 Å². The minimum atomic E-state index is -0.256. The van der Waals surface area contributed by atoms with Crippen LogP contribution >= 0.6 is 0 Å². The average Bonchev–Trinajstić information content (AvgIpc) is 2.92. The molecule has 6 nitrogen and oxygen atoms in total. The Kier molecular flexibility index (Phi) is 3.51. The molecule has 2 aromatic heterocycles. The molecule has 0 radical (unpaired) electrons. The number of amides is 1. The number of pyridine rings is 1. The Balaban J connectivity index is 1.79. The molecule has 106 valence electrons. The monoisotopic (exact) mass is 282 g/mol. The highest BCUT2D eigenvalue weighted by molar-refractivity contribution is 6.00. The lowest BCUT2D eigenvalue weighted by atomic mass is 10.3. The first-order chi connectivity index (χ1) is 10.3. The summed E-state index contributed by atoms with van der Waals surface area (Å²) in [5.74, 6) is 0.246. The number of para-hydroxylation sites is 2. The zero-order valence-electron chi connectivity index (χ0n) is 11.5. The van der Waals surface area contributed by atoms with Gasteiger partial charge >= 0.3 is 0 Å². The molecule has 0 unspecified atom stereocenters. The maximum absolute atomic E-state index is 12.2. The first-order valence-corrected chi connectivity index (χ1v) is 6.60. The molecule has 0 aliphatic rings. The van der Waals surface area contributed by atoms with Crippen LogP contribution in [0.25, 0.3) is 11.0 Å². The van der Waals surface area contributed by atoms with Gasteiger partial charge in [0.25, 0.3) is 5.91 Å². The van der Waals surface area contributed by atoms with Gasteiger partial charge in [-0.2, -0.15) is 0 Å². The normalized spacial score (nSPS) is 10.5. The number of ether oxygens (including phenoxy) is 1. The van der Waals surface area contributed by atoms with E-state index in [1.54, 1.807) is 23.1 Å². The Morgan fingerprint density at radius 2 is 2.10 bits per heavy atom. The van der Waals surface area contributed by atoms with Crippen molar-refractivity contribution in [1.29, 1.82) is 0 Å². The largest absolute Gasteiger partial charge is 0.478 e.